The van der Waals surface area contributed by atoms with Crippen molar-refractivity contribution in [2.24, 2.45) is 0 Å². The minimum absolute atomic E-state index is 0.192. The van der Waals surface area contributed by atoms with Gasteiger partial charge in [-0.2, -0.15) is 0 Å². The van der Waals surface area contributed by atoms with Gasteiger partial charge in [0, 0.05) is 23.9 Å². The Hall–Kier alpha value is -2.25. The van der Waals surface area contributed by atoms with E-state index in [-0.39, 0.29) is 5.91 Å². The smallest absolute Gasteiger partial charge is 0.258 e. The highest BCUT2D eigenvalue weighted by Gasteiger charge is 2.28. The first-order chi connectivity index (χ1) is 12.0. The van der Waals surface area contributed by atoms with Gasteiger partial charge in [-0.3, -0.25) is 9.78 Å². The summed E-state index contributed by atoms with van der Waals surface area (Å²) in [5.41, 5.74) is 9.03. The van der Waals surface area contributed by atoms with Gasteiger partial charge in [0.25, 0.3) is 5.91 Å². The largest absolute Gasteiger partial charge is 0.399 e. The van der Waals surface area contributed by atoms with Crippen LogP contribution in [0.4, 0.5) is 15.8 Å². The lowest BCUT2D eigenvalue weighted by Crippen LogP contribution is -2.32. The topological polar surface area (TPSA) is 59.2 Å². The highest BCUT2D eigenvalue weighted by atomic mass is 79.9. The van der Waals surface area contributed by atoms with Gasteiger partial charge in [-0.15, -0.1) is 11.3 Å². The molecule has 1 aromatic carbocycles. The van der Waals surface area contributed by atoms with Crippen LogP contribution in [0.2, 0.25) is 0 Å². The summed E-state index contributed by atoms with van der Waals surface area (Å²) in [6.45, 7) is 0.456. The molecular weight excluding hydrogens is 405 g/mol. The van der Waals surface area contributed by atoms with E-state index in [9.17, 15) is 9.18 Å². The second kappa shape index (κ2) is 6.24. The monoisotopic (exact) mass is 417 g/mol. The number of nitrogens with two attached hydrogens (primary N) is 1. The number of hydrogen-bond donors (Lipinski definition) is 1. The van der Waals surface area contributed by atoms with E-state index < -0.39 is 5.82 Å². The van der Waals surface area contributed by atoms with Gasteiger partial charge in [0.2, 0.25) is 0 Å². The number of fused-ring (bicyclic) bond motifs is 3. The minimum atomic E-state index is -0.465. The second-order valence-corrected chi connectivity index (χ2v) is 8.19. The van der Waals surface area contributed by atoms with Crippen molar-refractivity contribution >= 4 is 44.5 Å². The molecule has 4 nitrogen and oxygen atoms in total. The normalized spacial score (nSPS) is 13.1. The van der Waals surface area contributed by atoms with E-state index >= 15 is 0 Å². The summed E-state index contributed by atoms with van der Waals surface area (Å²) in [6, 6.07) is 10.1. The number of carbonyl (C=O) groups is 1. The number of aromatic nitrogens is 1. The molecule has 0 unspecified atom stereocenters. The molecule has 0 fully saturated rings. The Labute approximate surface area is 156 Å². The van der Waals surface area contributed by atoms with Crippen LogP contribution in [0.5, 0.6) is 0 Å². The second-order valence-electron chi connectivity index (χ2n) is 5.75. The number of nitrogens with zero attached hydrogens (tertiary/aromatic N) is 2. The van der Waals surface area contributed by atoms with Gasteiger partial charge in [0.05, 0.1) is 20.5 Å². The average Bonchev–Trinajstić information content (AvgIpc) is 2.89. The standard InChI is InChI=1S/C18H13BrFN3OS/c19-15-7-11-5-6-23(18(24)10-1-3-13(21)4-2-10)14-8-12(20)9-22-16(14)17(11)25-15/h1-4,7-9H,5-6,21H2. The first kappa shape index (κ1) is 16.2. The number of nitrogen functional groups attached to an aromatic ring is 1. The van der Waals surface area contributed by atoms with Gasteiger partial charge in [-0.25, -0.2) is 4.39 Å². The van der Waals surface area contributed by atoms with Crippen LogP contribution >= 0.6 is 27.3 Å². The molecule has 3 heterocycles. The summed E-state index contributed by atoms with van der Waals surface area (Å²) in [5, 5.41) is 0. The van der Waals surface area contributed by atoms with Gasteiger partial charge in [0.1, 0.15) is 11.5 Å². The number of pyridine rings is 1. The highest BCUT2D eigenvalue weighted by molar-refractivity contribution is 9.11. The average molecular weight is 418 g/mol. The molecule has 25 heavy (non-hydrogen) atoms. The fourth-order valence-corrected chi connectivity index (χ4v) is 4.64. The zero-order chi connectivity index (χ0) is 17.6. The molecule has 4 rings (SSSR count). The maximum atomic E-state index is 13.9. The van der Waals surface area contributed by atoms with Crippen molar-refractivity contribution in [1.29, 1.82) is 0 Å². The van der Waals surface area contributed by atoms with Gasteiger partial charge in [-0.1, -0.05) is 0 Å². The summed E-state index contributed by atoms with van der Waals surface area (Å²) in [4.78, 5) is 19.8. The van der Waals surface area contributed by atoms with Crippen LogP contribution in [0, 0.1) is 5.82 Å². The van der Waals surface area contributed by atoms with Crippen LogP contribution < -0.4 is 10.6 Å². The van der Waals surface area contributed by atoms with Gasteiger partial charge < -0.3 is 10.6 Å². The molecule has 2 N–H and O–H groups in total. The molecule has 0 saturated carbocycles. The maximum absolute atomic E-state index is 13.9. The Kier molecular flexibility index (Phi) is 4.05. The molecule has 1 aliphatic heterocycles. The molecule has 2 aromatic heterocycles. The van der Waals surface area contributed by atoms with Crippen LogP contribution in [0.15, 0.2) is 46.4 Å². The lowest BCUT2D eigenvalue weighted by Gasteiger charge is -2.22. The summed E-state index contributed by atoms with van der Waals surface area (Å²) < 4.78 is 14.9. The summed E-state index contributed by atoms with van der Waals surface area (Å²) in [7, 11) is 0. The molecule has 126 valence electrons. The van der Waals surface area contributed by atoms with E-state index in [1.165, 1.54) is 12.3 Å². The van der Waals surface area contributed by atoms with Crippen molar-refractivity contribution < 1.29 is 9.18 Å². The van der Waals surface area contributed by atoms with Crippen LogP contribution in [0.3, 0.4) is 0 Å². The number of rotatable bonds is 1. The number of carbonyl (C=O) groups excluding carboxylic acids is 1. The quantitative estimate of drug-likeness (QED) is 0.593. The molecule has 3 aromatic rings. The van der Waals surface area contributed by atoms with Crippen LogP contribution in [0.1, 0.15) is 15.9 Å². The third-order valence-corrected chi connectivity index (χ3v) is 5.81. The van der Waals surface area contributed by atoms with Crippen molar-refractivity contribution in [3.8, 4) is 10.6 Å². The number of benzene rings is 1. The van der Waals surface area contributed by atoms with Gasteiger partial charge in [0.15, 0.2) is 0 Å². The van der Waals surface area contributed by atoms with Crippen molar-refractivity contribution in [1.82, 2.24) is 4.98 Å². The molecule has 0 saturated heterocycles. The third kappa shape index (κ3) is 2.94. The molecule has 0 radical (unpaired) electrons. The van der Waals surface area contributed by atoms with E-state index in [0.717, 1.165) is 14.2 Å². The zero-order valence-electron chi connectivity index (χ0n) is 13.0. The molecule has 0 spiro atoms. The zero-order valence-corrected chi connectivity index (χ0v) is 15.4. The first-order valence-electron chi connectivity index (χ1n) is 7.64. The summed E-state index contributed by atoms with van der Waals surface area (Å²) in [6.07, 6.45) is 1.86. The van der Waals surface area contributed by atoms with Crippen molar-refractivity contribution in [3.05, 3.63) is 63.3 Å². The van der Waals surface area contributed by atoms with E-state index in [4.69, 9.17) is 5.73 Å². The Bertz CT molecular complexity index is 971. The fraction of sp³-hybridized carbons (Fsp3) is 0.111. The first-order valence-corrected chi connectivity index (χ1v) is 9.25. The number of thiophene rings is 1. The highest BCUT2D eigenvalue weighted by Crippen LogP contribution is 2.42. The van der Waals surface area contributed by atoms with E-state index in [2.05, 4.69) is 20.9 Å². The van der Waals surface area contributed by atoms with E-state index in [0.29, 0.717) is 35.6 Å². The van der Waals surface area contributed by atoms with Crippen molar-refractivity contribution in [3.63, 3.8) is 0 Å². The number of halogens is 2. The molecule has 1 aliphatic rings. The number of hydrogen-bond acceptors (Lipinski definition) is 4. The Morgan fingerprint density at radius 1 is 1.28 bits per heavy atom. The van der Waals surface area contributed by atoms with Crippen molar-refractivity contribution in [2.45, 2.75) is 6.42 Å². The van der Waals surface area contributed by atoms with Gasteiger partial charge >= 0.3 is 0 Å². The van der Waals surface area contributed by atoms with Crippen molar-refractivity contribution in [2.75, 3.05) is 17.2 Å². The number of amides is 1. The SMILES string of the molecule is Nc1ccc(C(=O)N2CCc3cc(Br)sc3-c3ncc(F)cc32)cc1. The molecule has 1 amide bonds. The third-order valence-electron chi connectivity index (χ3n) is 4.13. The Morgan fingerprint density at radius 2 is 2.04 bits per heavy atom. The molecule has 0 bridgehead atoms. The molecule has 0 aliphatic carbocycles. The predicted molar refractivity (Wildman–Crippen MR) is 101 cm³/mol. The van der Waals surface area contributed by atoms with E-state index in [1.54, 1.807) is 40.5 Å². The minimum Gasteiger partial charge on any atom is -0.399 e. The van der Waals surface area contributed by atoms with Crippen LogP contribution in [-0.2, 0) is 6.42 Å². The molecule has 7 heteroatoms. The summed E-state index contributed by atoms with van der Waals surface area (Å²) >= 11 is 5.04. The van der Waals surface area contributed by atoms with Crippen LogP contribution in [0.25, 0.3) is 10.6 Å². The molecule has 0 atom stereocenters. The maximum Gasteiger partial charge on any atom is 0.258 e. The Morgan fingerprint density at radius 3 is 2.80 bits per heavy atom. The summed E-state index contributed by atoms with van der Waals surface area (Å²) in [5.74, 6) is -0.657. The lowest BCUT2D eigenvalue weighted by molar-refractivity contribution is 0.0987. The van der Waals surface area contributed by atoms with Crippen LogP contribution in [-0.4, -0.2) is 17.4 Å². The van der Waals surface area contributed by atoms with E-state index in [1.807, 2.05) is 6.07 Å². The lowest BCUT2D eigenvalue weighted by atomic mass is 10.1. The number of anilines is 2. The fourth-order valence-electron chi connectivity index (χ4n) is 2.94. The Balaban J connectivity index is 1.83. The molecular formula is C18H13BrFN3OS. The van der Waals surface area contributed by atoms with Gasteiger partial charge in [-0.05, 0) is 58.2 Å². The predicted octanol–water partition coefficient (Wildman–Crippen LogP) is 4.50.